The number of nitrogens with zero attached hydrogens (tertiary/aromatic N) is 2. The smallest absolute Gasteiger partial charge is 0.329 e. The van der Waals surface area contributed by atoms with Gasteiger partial charge in [0.1, 0.15) is 0 Å². The van der Waals surface area contributed by atoms with Crippen LogP contribution in [0.3, 0.4) is 0 Å². The molecule has 1 heterocycles. The molecule has 1 aromatic rings. The molecule has 0 fully saturated rings. The number of imidazole rings is 1. The molecule has 0 amide bonds. The van der Waals surface area contributed by atoms with Gasteiger partial charge >= 0.3 is 5.97 Å². The van der Waals surface area contributed by atoms with E-state index in [0.29, 0.717) is 0 Å². The van der Waals surface area contributed by atoms with Gasteiger partial charge in [0.15, 0.2) is 0 Å². The third-order valence-electron chi connectivity index (χ3n) is 0.914. The Balaban J connectivity index is 2.64. The van der Waals surface area contributed by atoms with Gasteiger partial charge in [-0.2, -0.15) is 0 Å². The summed E-state index contributed by atoms with van der Waals surface area (Å²) in [4.78, 5) is 13.7. The zero-order valence-electron chi connectivity index (χ0n) is 5.14. The molecular formula is C6H6N2O2. The van der Waals surface area contributed by atoms with Gasteiger partial charge in [-0.25, -0.2) is 9.78 Å². The Bertz CT molecular complexity index is 238. The Labute approximate surface area is 57.4 Å². The van der Waals surface area contributed by atoms with Crippen molar-refractivity contribution in [2.24, 2.45) is 0 Å². The second kappa shape index (κ2) is 2.82. The van der Waals surface area contributed by atoms with Crippen LogP contribution in [0, 0.1) is 0 Å². The highest BCUT2D eigenvalue weighted by molar-refractivity contribution is 5.82. The number of carbonyl (C=O) groups is 1. The zero-order chi connectivity index (χ0) is 7.40. The SMILES string of the molecule is O=C(O)C=Cn1ccnc1. The van der Waals surface area contributed by atoms with Crippen LogP contribution in [-0.4, -0.2) is 20.6 Å². The molecule has 0 saturated heterocycles. The minimum atomic E-state index is -0.964. The van der Waals surface area contributed by atoms with Crippen molar-refractivity contribution in [1.29, 1.82) is 0 Å². The fraction of sp³-hybridized carbons (Fsp3) is 0. The van der Waals surface area contributed by atoms with Gasteiger partial charge in [0.05, 0.1) is 6.33 Å². The third-order valence-corrected chi connectivity index (χ3v) is 0.914. The van der Waals surface area contributed by atoms with Crippen LogP contribution in [-0.2, 0) is 4.79 Å². The average molecular weight is 138 g/mol. The van der Waals surface area contributed by atoms with Gasteiger partial charge in [0, 0.05) is 24.7 Å². The maximum atomic E-state index is 9.97. The van der Waals surface area contributed by atoms with Gasteiger partial charge in [-0.15, -0.1) is 0 Å². The van der Waals surface area contributed by atoms with Crippen LogP contribution in [0.25, 0.3) is 6.20 Å². The van der Waals surface area contributed by atoms with Crippen LogP contribution in [0.15, 0.2) is 24.8 Å². The fourth-order valence-electron chi connectivity index (χ4n) is 0.507. The number of hydrogen-bond donors (Lipinski definition) is 1. The summed E-state index contributed by atoms with van der Waals surface area (Å²) in [5.74, 6) is -0.964. The van der Waals surface area contributed by atoms with Crippen molar-refractivity contribution in [2.75, 3.05) is 0 Å². The van der Waals surface area contributed by atoms with Gasteiger partial charge in [-0.3, -0.25) is 0 Å². The van der Waals surface area contributed by atoms with Crippen molar-refractivity contribution in [1.82, 2.24) is 9.55 Å². The molecule has 52 valence electrons. The van der Waals surface area contributed by atoms with Gasteiger partial charge in [-0.1, -0.05) is 0 Å². The lowest BCUT2D eigenvalue weighted by atomic mass is 10.6. The molecular weight excluding hydrogens is 132 g/mol. The molecule has 0 aliphatic carbocycles. The Kier molecular flexibility index (Phi) is 1.84. The Morgan fingerprint density at radius 1 is 1.70 bits per heavy atom. The minimum Gasteiger partial charge on any atom is -0.478 e. The molecule has 0 bridgehead atoms. The third kappa shape index (κ3) is 1.74. The number of carboxylic acid groups (broad SMARTS) is 1. The first-order valence-electron chi connectivity index (χ1n) is 2.67. The van der Waals surface area contributed by atoms with Crippen molar-refractivity contribution in [3.63, 3.8) is 0 Å². The largest absolute Gasteiger partial charge is 0.478 e. The minimum absolute atomic E-state index is 0.964. The summed E-state index contributed by atoms with van der Waals surface area (Å²) in [5.41, 5.74) is 0. The second-order valence-electron chi connectivity index (χ2n) is 1.66. The summed E-state index contributed by atoms with van der Waals surface area (Å²) in [5, 5.41) is 8.19. The van der Waals surface area contributed by atoms with E-state index in [-0.39, 0.29) is 0 Å². The highest BCUT2D eigenvalue weighted by atomic mass is 16.4. The van der Waals surface area contributed by atoms with E-state index in [1.165, 1.54) is 12.5 Å². The number of carboxylic acids is 1. The predicted octanol–water partition coefficient (Wildman–Crippen LogP) is 0.438. The summed E-state index contributed by atoms with van der Waals surface area (Å²) in [7, 11) is 0. The van der Waals surface area contributed by atoms with E-state index < -0.39 is 5.97 Å². The lowest BCUT2D eigenvalue weighted by molar-refractivity contribution is -0.131. The van der Waals surface area contributed by atoms with Crippen LogP contribution in [0.1, 0.15) is 0 Å². The Hall–Kier alpha value is -1.58. The van der Waals surface area contributed by atoms with Crippen molar-refractivity contribution in [3.8, 4) is 0 Å². The van der Waals surface area contributed by atoms with Crippen molar-refractivity contribution < 1.29 is 9.90 Å². The molecule has 1 aromatic heterocycles. The lowest BCUT2D eigenvalue weighted by Crippen LogP contribution is -1.88. The molecule has 1 rings (SSSR count). The molecule has 0 atom stereocenters. The van der Waals surface area contributed by atoms with Crippen LogP contribution >= 0.6 is 0 Å². The molecule has 1 N–H and O–H groups in total. The monoisotopic (exact) mass is 138 g/mol. The highest BCUT2D eigenvalue weighted by Gasteiger charge is 1.84. The Morgan fingerprint density at radius 2 is 2.50 bits per heavy atom. The van der Waals surface area contributed by atoms with Crippen LogP contribution in [0.5, 0.6) is 0 Å². The molecule has 0 radical (unpaired) electrons. The van der Waals surface area contributed by atoms with E-state index in [0.717, 1.165) is 6.08 Å². The molecule has 0 unspecified atom stereocenters. The van der Waals surface area contributed by atoms with Crippen molar-refractivity contribution >= 4 is 12.2 Å². The molecule has 0 saturated carbocycles. The van der Waals surface area contributed by atoms with E-state index in [1.54, 1.807) is 17.0 Å². The quantitative estimate of drug-likeness (QED) is 0.603. The fourth-order valence-corrected chi connectivity index (χ4v) is 0.507. The molecule has 10 heavy (non-hydrogen) atoms. The first-order chi connectivity index (χ1) is 4.79. The number of aromatic nitrogens is 2. The zero-order valence-corrected chi connectivity index (χ0v) is 5.14. The second-order valence-corrected chi connectivity index (χ2v) is 1.66. The van der Waals surface area contributed by atoms with Crippen LogP contribution in [0.2, 0.25) is 0 Å². The lowest BCUT2D eigenvalue weighted by Gasteiger charge is -1.85. The molecule has 4 heteroatoms. The number of rotatable bonds is 2. The van der Waals surface area contributed by atoms with E-state index in [9.17, 15) is 4.79 Å². The van der Waals surface area contributed by atoms with Gasteiger partial charge in [0.2, 0.25) is 0 Å². The molecule has 0 aliphatic rings. The van der Waals surface area contributed by atoms with Crippen LogP contribution < -0.4 is 0 Å². The van der Waals surface area contributed by atoms with Gasteiger partial charge in [0.25, 0.3) is 0 Å². The first kappa shape index (κ1) is 6.54. The number of aliphatic carboxylic acids is 1. The molecule has 0 aromatic carbocycles. The van der Waals surface area contributed by atoms with E-state index in [2.05, 4.69) is 4.98 Å². The molecule has 4 nitrogen and oxygen atoms in total. The standard InChI is InChI=1S/C6H6N2O2/c9-6(10)1-3-8-4-2-7-5-8/h1-5H,(H,9,10). The average Bonchev–Trinajstić information content (AvgIpc) is 2.34. The van der Waals surface area contributed by atoms with Crippen molar-refractivity contribution in [2.45, 2.75) is 0 Å². The predicted molar refractivity (Wildman–Crippen MR) is 35.2 cm³/mol. The summed E-state index contributed by atoms with van der Waals surface area (Å²) < 4.78 is 1.55. The summed E-state index contributed by atoms with van der Waals surface area (Å²) >= 11 is 0. The van der Waals surface area contributed by atoms with Crippen LogP contribution in [0.4, 0.5) is 0 Å². The highest BCUT2D eigenvalue weighted by Crippen LogP contribution is 1.85. The summed E-state index contributed by atoms with van der Waals surface area (Å²) in [6.45, 7) is 0. The van der Waals surface area contributed by atoms with Crippen molar-refractivity contribution in [3.05, 3.63) is 24.8 Å². The number of hydrogen-bond acceptors (Lipinski definition) is 2. The maximum absolute atomic E-state index is 9.97. The van der Waals surface area contributed by atoms with E-state index >= 15 is 0 Å². The summed E-state index contributed by atoms with van der Waals surface area (Å²) in [6, 6.07) is 0. The maximum Gasteiger partial charge on any atom is 0.329 e. The normalized spacial score (nSPS) is 10.4. The first-order valence-corrected chi connectivity index (χ1v) is 2.67. The molecule has 0 spiro atoms. The summed E-state index contributed by atoms with van der Waals surface area (Å²) in [6.07, 6.45) is 7.20. The molecule has 0 aliphatic heterocycles. The Morgan fingerprint density at radius 3 is 3.00 bits per heavy atom. The van der Waals surface area contributed by atoms with Gasteiger partial charge < -0.3 is 9.67 Å². The topological polar surface area (TPSA) is 55.1 Å². The van der Waals surface area contributed by atoms with Gasteiger partial charge in [-0.05, 0) is 0 Å². The van der Waals surface area contributed by atoms with E-state index in [1.807, 2.05) is 0 Å². The van der Waals surface area contributed by atoms with E-state index in [4.69, 9.17) is 5.11 Å².